The molecule has 4 amide bonds. The van der Waals surface area contributed by atoms with E-state index in [0.717, 1.165) is 39.2 Å². The largest absolute Gasteiger partial charge is 0.495 e. The van der Waals surface area contributed by atoms with Crippen LogP contribution in [0, 0.1) is 0 Å². The second-order valence-electron chi connectivity index (χ2n) is 10.0. The van der Waals surface area contributed by atoms with Crippen LogP contribution in [0.1, 0.15) is 33.5 Å². The smallest absolute Gasteiger partial charge is 0.286 e. The molecule has 2 aliphatic heterocycles. The van der Waals surface area contributed by atoms with Gasteiger partial charge in [-0.2, -0.15) is 0 Å². The normalized spacial score (nSPS) is 16.5. The molecule has 9 heteroatoms. The Labute approximate surface area is 241 Å². The summed E-state index contributed by atoms with van der Waals surface area (Å²) in [6.45, 7) is 0.321. The van der Waals surface area contributed by atoms with Gasteiger partial charge in [-0.15, -0.1) is 0 Å². The van der Waals surface area contributed by atoms with Crippen molar-refractivity contribution < 1.29 is 23.9 Å². The fourth-order valence-corrected chi connectivity index (χ4v) is 6.23. The molecule has 0 spiro atoms. The number of fused-ring (bicyclic) bond motifs is 2. The van der Waals surface area contributed by atoms with Crippen molar-refractivity contribution >= 4 is 56.9 Å². The van der Waals surface area contributed by atoms with Crippen LogP contribution in [-0.4, -0.2) is 35.3 Å². The van der Waals surface area contributed by atoms with E-state index in [1.807, 2.05) is 78.9 Å². The Balaban J connectivity index is 1.21. The molecular formula is C32H27N3O5S. The van der Waals surface area contributed by atoms with Crippen LogP contribution in [0.4, 0.5) is 16.2 Å². The van der Waals surface area contributed by atoms with Crippen molar-refractivity contribution in [3.63, 3.8) is 0 Å². The third-order valence-corrected chi connectivity index (χ3v) is 8.44. The van der Waals surface area contributed by atoms with Gasteiger partial charge in [-0.1, -0.05) is 60.3 Å². The first-order valence-electron chi connectivity index (χ1n) is 13.3. The number of carbonyl (C=O) groups is 4. The molecular weight excluding hydrogens is 538 g/mol. The van der Waals surface area contributed by atoms with Crippen molar-refractivity contribution in [3.8, 4) is 5.75 Å². The van der Waals surface area contributed by atoms with Crippen LogP contribution in [0.15, 0.2) is 78.9 Å². The Kier molecular flexibility index (Phi) is 7.19. The van der Waals surface area contributed by atoms with Crippen LogP contribution < -0.4 is 20.3 Å². The van der Waals surface area contributed by atoms with Gasteiger partial charge in [-0.3, -0.25) is 24.5 Å². The van der Waals surface area contributed by atoms with Crippen LogP contribution in [0.2, 0.25) is 0 Å². The van der Waals surface area contributed by atoms with E-state index in [9.17, 15) is 19.2 Å². The molecule has 1 unspecified atom stereocenters. The zero-order valence-corrected chi connectivity index (χ0v) is 23.1. The molecule has 1 saturated heterocycles. The summed E-state index contributed by atoms with van der Waals surface area (Å²) in [6, 6.07) is 24.6. The van der Waals surface area contributed by atoms with E-state index in [1.54, 1.807) is 12.0 Å². The molecule has 41 heavy (non-hydrogen) atoms. The van der Waals surface area contributed by atoms with Gasteiger partial charge < -0.3 is 15.0 Å². The quantitative estimate of drug-likeness (QED) is 0.308. The highest BCUT2D eigenvalue weighted by atomic mass is 32.2. The Morgan fingerprint density at radius 2 is 1.76 bits per heavy atom. The number of imide groups is 1. The third-order valence-electron chi connectivity index (χ3n) is 7.46. The molecule has 4 aromatic carbocycles. The Morgan fingerprint density at radius 3 is 2.49 bits per heavy atom. The molecule has 4 aromatic rings. The number of hydrogen-bond donors (Lipinski definition) is 2. The van der Waals surface area contributed by atoms with Gasteiger partial charge in [0.2, 0.25) is 11.8 Å². The highest BCUT2D eigenvalue weighted by molar-refractivity contribution is 8.15. The van der Waals surface area contributed by atoms with E-state index in [0.29, 0.717) is 48.5 Å². The first kappa shape index (κ1) is 26.6. The van der Waals surface area contributed by atoms with Crippen LogP contribution in [0.25, 0.3) is 10.8 Å². The minimum Gasteiger partial charge on any atom is -0.495 e. The number of benzene rings is 4. The second-order valence-corrected chi connectivity index (χ2v) is 11.2. The summed E-state index contributed by atoms with van der Waals surface area (Å²) in [5, 5.41) is 6.53. The van der Waals surface area contributed by atoms with E-state index in [1.165, 1.54) is 0 Å². The molecule has 0 aromatic heterocycles. The van der Waals surface area contributed by atoms with Gasteiger partial charge in [0.05, 0.1) is 24.6 Å². The summed E-state index contributed by atoms with van der Waals surface area (Å²) in [5.41, 5.74) is 4.69. The lowest BCUT2D eigenvalue weighted by molar-refractivity contribution is -0.119. The van der Waals surface area contributed by atoms with Gasteiger partial charge in [0.25, 0.3) is 11.1 Å². The van der Waals surface area contributed by atoms with Gasteiger partial charge in [0.1, 0.15) is 5.75 Å². The summed E-state index contributed by atoms with van der Waals surface area (Å²) in [5.74, 6) is 0.0679. The van der Waals surface area contributed by atoms with Crippen LogP contribution in [-0.2, 0) is 29.0 Å². The molecule has 6 rings (SSSR count). The number of methoxy groups -OCH3 is 1. The zero-order valence-electron chi connectivity index (χ0n) is 22.3. The predicted octanol–water partition coefficient (Wildman–Crippen LogP) is 5.47. The van der Waals surface area contributed by atoms with Gasteiger partial charge in [-0.25, -0.2) is 0 Å². The Bertz CT molecular complexity index is 1700. The van der Waals surface area contributed by atoms with Gasteiger partial charge in [0.15, 0.2) is 0 Å². The fourth-order valence-electron chi connectivity index (χ4n) is 5.38. The fraction of sp³-hybridized carbons (Fsp3) is 0.188. The SMILES string of the molecule is COc1ccc(CC2SC(=O)NC2=O)c2c1N(Cc1ccc(NC(=O)c3ccc4ccccc4c3)cc1)C(=O)CC2. The maximum Gasteiger partial charge on any atom is 0.286 e. The molecule has 0 bridgehead atoms. The van der Waals surface area contributed by atoms with E-state index in [4.69, 9.17) is 4.74 Å². The topological polar surface area (TPSA) is 105 Å². The third kappa shape index (κ3) is 5.40. The van der Waals surface area contributed by atoms with Gasteiger partial charge in [-0.05, 0) is 70.6 Å². The Hall–Kier alpha value is -4.63. The number of ether oxygens (including phenoxy) is 1. The van der Waals surface area contributed by atoms with Gasteiger partial charge >= 0.3 is 0 Å². The number of thioether (sulfide) groups is 1. The van der Waals surface area contributed by atoms with Crippen LogP contribution in [0.5, 0.6) is 5.75 Å². The number of carbonyl (C=O) groups excluding carboxylic acids is 4. The summed E-state index contributed by atoms with van der Waals surface area (Å²) in [7, 11) is 1.57. The highest BCUT2D eigenvalue weighted by Gasteiger charge is 2.35. The molecule has 206 valence electrons. The molecule has 2 N–H and O–H groups in total. The van der Waals surface area contributed by atoms with Gasteiger partial charge in [0, 0.05) is 17.7 Å². The average Bonchev–Trinajstić information content (AvgIpc) is 3.31. The highest BCUT2D eigenvalue weighted by Crippen LogP contribution is 2.41. The van der Waals surface area contributed by atoms with Crippen LogP contribution in [0.3, 0.4) is 0 Å². The Morgan fingerprint density at radius 1 is 0.976 bits per heavy atom. The van der Waals surface area contributed by atoms with E-state index in [-0.39, 0.29) is 23.0 Å². The summed E-state index contributed by atoms with van der Waals surface area (Å²) >= 11 is 0.996. The second kappa shape index (κ2) is 11.1. The van der Waals surface area contributed by atoms with Crippen molar-refractivity contribution in [1.82, 2.24) is 5.32 Å². The number of anilines is 2. The minimum absolute atomic E-state index is 0.0233. The predicted molar refractivity (Wildman–Crippen MR) is 159 cm³/mol. The molecule has 1 atom stereocenters. The lowest BCUT2D eigenvalue weighted by atomic mass is 9.92. The molecule has 0 radical (unpaired) electrons. The average molecular weight is 566 g/mol. The van der Waals surface area contributed by atoms with E-state index < -0.39 is 5.25 Å². The maximum absolute atomic E-state index is 13.1. The molecule has 0 saturated carbocycles. The number of nitrogens with one attached hydrogen (secondary N) is 2. The first-order chi connectivity index (χ1) is 19.9. The van der Waals surface area contributed by atoms with Crippen molar-refractivity contribution in [2.75, 3.05) is 17.3 Å². The van der Waals surface area contributed by atoms with Crippen molar-refractivity contribution in [1.29, 1.82) is 0 Å². The van der Waals surface area contributed by atoms with Crippen molar-refractivity contribution in [2.45, 2.75) is 31.1 Å². The standard InChI is InChI=1S/C32H27N3O5S/c1-40-26-14-10-22(17-27-31(38)34-32(39)41-27)25-13-15-28(36)35(29(25)26)18-19-6-11-24(12-7-19)33-30(37)23-9-8-20-4-2-3-5-21(20)16-23/h2-12,14,16,27H,13,15,17-18H2,1H3,(H,33,37)(H,34,38,39). The minimum atomic E-state index is -0.497. The number of amides is 4. The summed E-state index contributed by atoms with van der Waals surface area (Å²) < 4.78 is 5.64. The number of nitrogens with zero attached hydrogens (tertiary/aromatic N) is 1. The lowest BCUT2D eigenvalue weighted by Gasteiger charge is -2.32. The maximum atomic E-state index is 13.1. The molecule has 2 heterocycles. The summed E-state index contributed by atoms with van der Waals surface area (Å²) in [4.78, 5) is 51.6. The monoisotopic (exact) mass is 565 g/mol. The number of hydrogen-bond acceptors (Lipinski definition) is 6. The van der Waals surface area contributed by atoms with Crippen molar-refractivity contribution in [3.05, 3.63) is 101 Å². The zero-order chi connectivity index (χ0) is 28.5. The molecule has 0 aliphatic carbocycles. The van der Waals surface area contributed by atoms with Crippen molar-refractivity contribution in [2.24, 2.45) is 0 Å². The van der Waals surface area contributed by atoms with E-state index in [2.05, 4.69) is 10.6 Å². The summed E-state index contributed by atoms with van der Waals surface area (Å²) in [6.07, 6.45) is 1.25. The number of rotatable bonds is 7. The molecule has 1 fully saturated rings. The first-order valence-corrected chi connectivity index (χ1v) is 14.2. The molecule has 8 nitrogen and oxygen atoms in total. The molecule has 2 aliphatic rings. The van der Waals surface area contributed by atoms with Crippen LogP contribution >= 0.6 is 11.8 Å². The van der Waals surface area contributed by atoms with E-state index >= 15 is 0 Å². The lowest BCUT2D eigenvalue weighted by Crippen LogP contribution is -2.35.